The average Bonchev–Trinajstić information content (AvgIpc) is 2.74. The standard InChI is InChI=1S/C12H11FN4O/c1-17-12(14-8-15-17)16-11(18)7-4-9-2-5-10(13)6-3-9/h2-8H,1H3,(H,14,15,16,18)/b7-4+. The van der Waals surface area contributed by atoms with Gasteiger partial charge in [0.2, 0.25) is 5.95 Å². The van der Waals surface area contributed by atoms with Crippen molar-refractivity contribution in [1.29, 1.82) is 0 Å². The Morgan fingerprint density at radius 2 is 2.11 bits per heavy atom. The summed E-state index contributed by atoms with van der Waals surface area (Å²) >= 11 is 0. The predicted octanol–water partition coefficient (Wildman–Crippen LogP) is 1.61. The summed E-state index contributed by atoms with van der Waals surface area (Å²) in [5.41, 5.74) is 0.740. The number of carbonyl (C=O) groups is 1. The molecular formula is C12H11FN4O. The Morgan fingerprint density at radius 1 is 1.39 bits per heavy atom. The minimum Gasteiger partial charge on any atom is -0.291 e. The van der Waals surface area contributed by atoms with Gasteiger partial charge < -0.3 is 0 Å². The molecule has 0 fully saturated rings. The number of benzene rings is 1. The quantitative estimate of drug-likeness (QED) is 0.837. The Balaban J connectivity index is 1.99. The number of rotatable bonds is 3. The lowest BCUT2D eigenvalue weighted by Crippen LogP contribution is -2.12. The number of hydrogen-bond donors (Lipinski definition) is 1. The molecule has 0 atom stereocenters. The highest BCUT2D eigenvalue weighted by atomic mass is 19.1. The summed E-state index contributed by atoms with van der Waals surface area (Å²) in [6.07, 6.45) is 4.28. The van der Waals surface area contributed by atoms with Crippen molar-refractivity contribution < 1.29 is 9.18 Å². The molecule has 0 aliphatic rings. The van der Waals surface area contributed by atoms with Crippen LogP contribution < -0.4 is 5.32 Å². The number of anilines is 1. The highest BCUT2D eigenvalue weighted by molar-refractivity contribution is 6.00. The van der Waals surface area contributed by atoms with E-state index in [2.05, 4.69) is 15.4 Å². The third kappa shape index (κ3) is 3.00. The van der Waals surface area contributed by atoms with Crippen LogP contribution >= 0.6 is 0 Å². The van der Waals surface area contributed by atoms with E-state index >= 15 is 0 Å². The van der Waals surface area contributed by atoms with Crippen LogP contribution in [0.25, 0.3) is 6.08 Å². The second-order valence-corrected chi connectivity index (χ2v) is 3.58. The largest absolute Gasteiger partial charge is 0.291 e. The second kappa shape index (κ2) is 5.22. The van der Waals surface area contributed by atoms with Gasteiger partial charge in [-0.1, -0.05) is 12.1 Å². The van der Waals surface area contributed by atoms with Crippen molar-refractivity contribution in [2.24, 2.45) is 7.05 Å². The Kier molecular flexibility index (Phi) is 3.47. The van der Waals surface area contributed by atoms with Gasteiger partial charge >= 0.3 is 0 Å². The topological polar surface area (TPSA) is 59.8 Å². The number of halogens is 1. The fourth-order valence-corrected chi connectivity index (χ4v) is 1.31. The van der Waals surface area contributed by atoms with Gasteiger partial charge in [-0.15, -0.1) is 0 Å². The van der Waals surface area contributed by atoms with Crippen LogP contribution in [0.1, 0.15) is 5.56 Å². The maximum atomic E-state index is 12.7. The van der Waals surface area contributed by atoms with Gasteiger partial charge in [0.15, 0.2) is 0 Å². The van der Waals surface area contributed by atoms with E-state index in [1.54, 1.807) is 25.3 Å². The van der Waals surface area contributed by atoms with Crippen LogP contribution in [0.4, 0.5) is 10.3 Å². The minimum absolute atomic E-state index is 0.310. The number of hydrogen-bond acceptors (Lipinski definition) is 3. The van der Waals surface area contributed by atoms with E-state index in [0.29, 0.717) is 5.95 Å². The zero-order valence-corrected chi connectivity index (χ0v) is 9.67. The fraction of sp³-hybridized carbons (Fsp3) is 0.0833. The summed E-state index contributed by atoms with van der Waals surface area (Å²) in [7, 11) is 1.67. The van der Waals surface area contributed by atoms with Gasteiger partial charge in [0.1, 0.15) is 12.1 Å². The number of aryl methyl sites for hydroxylation is 1. The van der Waals surface area contributed by atoms with Crippen LogP contribution in [-0.2, 0) is 11.8 Å². The average molecular weight is 246 g/mol. The molecule has 18 heavy (non-hydrogen) atoms. The Labute approximate surface area is 103 Å². The van der Waals surface area contributed by atoms with Crippen LogP contribution in [-0.4, -0.2) is 20.7 Å². The molecule has 0 saturated carbocycles. The molecule has 0 saturated heterocycles. The van der Waals surface area contributed by atoms with Crippen LogP contribution in [0.3, 0.4) is 0 Å². The molecule has 5 nitrogen and oxygen atoms in total. The van der Waals surface area contributed by atoms with Crippen molar-refractivity contribution in [3.63, 3.8) is 0 Å². The molecule has 6 heteroatoms. The number of carbonyl (C=O) groups excluding carboxylic acids is 1. The molecule has 1 aromatic heterocycles. The summed E-state index contributed by atoms with van der Waals surface area (Å²) in [5.74, 6) is -0.269. The molecule has 0 aliphatic carbocycles. The molecule has 1 amide bonds. The molecule has 0 aliphatic heterocycles. The first-order chi connectivity index (χ1) is 8.65. The Bertz CT molecular complexity index is 574. The molecule has 92 valence electrons. The summed E-state index contributed by atoms with van der Waals surface area (Å²) < 4.78 is 14.1. The van der Waals surface area contributed by atoms with Gasteiger partial charge in [0, 0.05) is 13.1 Å². The molecule has 1 aromatic carbocycles. The number of aromatic nitrogens is 3. The van der Waals surface area contributed by atoms with Crippen LogP contribution in [0.2, 0.25) is 0 Å². The van der Waals surface area contributed by atoms with Crippen LogP contribution in [0.15, 0.2) is 36.7 Å². The summed E-state index contributed by atoms with van der Waals surface area (Å²) in [6, 6.07) is 5.84. The molecular weight excluding hydrogens is 235 g/mol. The molecule has 0 spiro atoms. The third-order valence-corrected chi connectivity index (χ3v) is 2.24. The van der Waals surface area contributed by atoms with Crippen molar-refractivity contribution in [1.82, 2.24) is 14.8 Å². The van der Waals surface area contributed by atoms with Crippen LogP contribution in [0, 0.1) is 5.82 Å². The van der Waals surface area contributed by atoms with E-state index < -0.39 is 0 Å². The van der Waals surface area contributed by atoms with Gasteiger partial charge in [0.25, 0.3) is 5.91 Å². The number of amides is 1. The van der Waals surface area contributed by atoms with Crippen molar-refractivity contribution in [2.75, 3.05) is 5.32 Å². The van der Waals surface area contributed by atoms with Gasteiger partial charge in [0.05, 0.1) is 0 Å². The molecule has 1 heterocycles. The Morgan fingerprint density at radius 3 is 2.72 bits per heavy atom. The molecule has 0 bridgehead atoms. The van der Waals surface area contributed by atoms with E-state index in [-0.39, 0.29) is 11.7 Å². The van der Waals surface area contributed by atoms with Gasteiger partial charge in [-0.2, -0.15) is 10.1 Å². The van der Waals surface area contributed by atoms with Crippen molar-refractivity contribution in [3.8, 4) is 0 Å². The van der Waals surface area contributed by atoms with Gasteiger partial charge in [-0.3, -0.25) is 10.1 Å². The molecule has 2 aromatic rings. The SMILES string of the molecule is Cn1ncnc1NC(=O)/C=C/c1ccc(F)cc1. The first-order valence-corrected chi connectivity index (χ1v) is 5.24. The molecule has 0 radical (unpaired) electrons. The fourth-order valence-electron chi connectivity index (χ4n) is 1.31. The van der Waals surface area contributed by atoms with E-state index in [1.165, 1.54) is 29.2 Å². The van der Waals surface area contributed by atoms with Gasteiger partial charge in [-0.25, -0.2) is 9.07 Å². The number of nitrogens with zero attached hydrogens (tertiary/aromatic N) is 3. The lowest BCUT2D eigenvalue weighted by atomic mass is 10.2. The van der Waals surface area contributed by atoms with Gasteiger partial charge in [-0.05, 0) is 23.8 Å². The predicted molar refractivity (Wildman–Crippen MR) is 65.1 cm³/mol. The third-order valence-electron chi connectivity index (χ3n) is 2.24. The van der Waals surface area contributed by atoms with Crippen molar-refractivity contribution in [2.45, 2.75) is 0 Å². The van der Waals surface area contributed by atoms with E-state index in [1.807, 2.05) is 0 Å². The second-order valence-electron chi connectivity index (χ2n) is 3.58. The lowest BCUT2D eigenvalue weighted by Gasteiger charge is -1.99. The first-order valence-electron chi connectivity index (χ1n) is 5.24. The number of nitrogens with one attached hydrogen (secondary N) is 1. The maximum absolute atomic E-state index is 12.7. The summed E-state index contributed by atoms with van der Waals surface area (Å²) in [5, 5.41) is 6.38. The molecule has 0 unspecified atom stereocenters. The summed E-state index contributed by atoms with van der Waals surface area (Å²) in [6.45, 7) is 0. The maximum Gasteiger partial charge on any atom is 0.250 e. The van der Waals surface area contributed by atoms with Crippen molar-refractivity contribution >= 4 is 17.9 Å². The lowest BCUT2D eigenvalue weighted by molar-refractivity contribution is -0.111. The monoisotopic (exact) mass is 246 g/mol. The normalized spacial score (nSPS) is 10.8. The van der Waals surface area contributed by atoms with Crippen molar-refractivity contribution in [3.05, 3.63) is 48.0 Å². The van der Waals surface area contributed by atoms with E-state index in [4.69, 9.17) is 0 Å². The first kappa shape index (κ1) is 12.0. The highest BCUT2D eigenvalue weighted by Crippen LogP contribution is 2.05. The van der Waals surface area contributed by atoms with E-state index in [9.17, 15) is 9.18 Å². The van der Waals surface area contributed by atoms with E-state index in [0.717, 1.165) is 5.56 Å². The zero-order chi connectivity index (χ0) is 13.0. The van der Waals surface area contributed by atoms with Crippen LogP contribution in [0.5, 0.6) is 0 Å². The summed E-state index contributed by atoms with van der Waals surface area (Å²) in [4.78, 5) is 15.4. The molecule has 1 N–H and O–H groups in total. The highest BCUT2D eigenvalue weighted by Gasteiger charge is 2.02. The Hall–Kier alpha value is -2.50. The zero-order valence-electron chi connectivity index (χ0n) is 9.67. The minimum atomic E-state index is -0.324. The molecule has 2 rings (SSSR count). The smallest absolute Gasteiger partial charge is 0.250 e.